The van der Waals surface area contributed by atoms with Crippen LogP contribution in [0.4, 0.5) is 19.2 Å². The van der Waals surface area contributed by atoms with Gasteiger partial charge in [-0.3, -0.25) is 0 Å². The highest BCUT2D eigenvalue weighted by molar-refractivity contribution is 7.81. The van der Waals surface area contributed by atoms with E-state index >= 15 is 0 Å². The maximum absolute atomic E-state index is 13.6. The first-order chi connectivity index (χ1) is 23.9. The molecule has 6 rings (SSSR count). The topological polar surface area (TPSA) is 228 Å². The van der Waals surface area contributed by atoms with Gasteiger partial charge in [-0.1, -0.05) is 12.2 Å². The van der Waals surface area contributed by atoms with Gasteiger partial charge in [0.2, 0.25) is 0 Å². The van der Waals surface area contributed by atoms with Crippen LogP contribution in [0.15, 0.2) is 46.2 Å². The SMILES string of the molecule is CC(C)(C)OC(=O)NC[C@@H]1C=C(c2cnco2)[C@@H]2CN1C(=O)N2OS(=O)(=O)ON1C(=O)N2C[C@H]1C(c1cnco1)=C[C@H]2CNC(=O)OC(C)(C)C. The number of hydroxylamine groups is 4. The molecule has 0 aromatic carbocycles. The van der Waals surface area contributed by atoms with Crippen LogP contribution in [-0.4, -0.2) is 124 Å². The molecule has 2 N–H and O–H groups in total. The van der Waals surface area contributed by atoms with E-state index in [1.807, 2.05) is 0 Å². The van der Waals surface area contributed by atoms with Gasteiger partial charge in [-0.05, 0) is 41.5 Å². The molecule has 2 aromatic rings. The van der Waals surface area contributed by atoms with E-state index < -0.39 is 70.0 Å². The summed E-state index contributed by atoms with van der Waals surface area (Å²) in [7, 11) is -5.17. The molecule has 4 atom stereocenters. The Hall–Kier alpha value is -5.15. The Labute approximate surface area is 292 Å². The molecule has 276 valence electrons. The van der Waals surface area contributed by atoms with Crippen molar-refractivity contribution in [3.63, 3.8) is 0 Å². The Bertz CT molecular complexity index is 1710. The molecule has 0 radical (unpaired) electrons. The fraction of sp³-hybridized carbons (Fsp3) is 0.533. The third-order valence-corrected chi connectivity index (χ3v) is 8.61. The molecule has 0 aliphatic carbocycles. The van der Waals surface area contributed by atoms with Gasteiger partial charge in [0.05, 0.1) is 37.6 Å². The van der Waals surface area contributed by atoms with E-state index in [-0.39, 0.29) is 37.7 Å². The number of aromatic nitrogens is 2. The van der Waals surface area contributed by atoms with Gasteiger partial charge in [-0.25, -0.2) is 29.1 Å². The number of nitrogens with one attached hydrogen (secondary N) is 2. The zero-order chi connectivity index (χ0) is 36.9. The number of carbonyl (C=O) groups excluding carboxylic acids is 4. The van der Waals surface area contributed by atoms with E-state index in [9.17, 15) is 27.6 Å². The van der Waals surface area contributed by atoms with Crippen LogP contribution in [0.5, 0.6) is 0 Å². The number of amides is 6. The number of fused-ring (bicyclic) bond motifs is 4. The Morgan fingerprint density at radius 1 is 0.765 bits per heavy atom. The number of urea groups is 2. The third-order valence-electron chi connectivity index (χ3n) is 7.92. The number of ether oxygens (including phenoxy) is 2. The quantitative estimate of drug-likeness (QED) is 0.357. The van der Waals surface area contributed by atoms with E-state index in [2.05, 4.69) is 20.6 Å². The molecule has 21 heteroatoms. The highest BCUT2D eigenvalue weighted by Gasteiger charge is 2.53. The number of alkyl carbamates (subject to hydrolysis) is 2. The molecule has 6 heterocycles. The van der Waals surface area contributed by atoms with Gasteiger partial charge in [0, 0.05) is 24.2 Å². The molecule has 4 bridgehead atoms. The second-order valence-corrected chi connectivity index (χ2v) is 15.1. The molecule has 0 saturated carbocycles. The number of hydrogen-bond donors (Lipinski definition) is 2. The summed E-state index contributed by atoms with van der Waals surface area (Å²) in [6.07, 6.45) is 6.92. The van der Waals surface area contributed by atoms with Crippen LogP contribution in [-0.2, 0) is 28.4 Å². The first kappa shape index (κ1) is 35.7. The summed E-state index contributed by atoms with van der Waals surface area (Å²) in [5.74, 6) is 0.459. The third kappa shape index (κ3) is 7.78. The van der Waals surface area contributed by atoms with Crippen LogP contribution in [0.2, 0.25) is 0 Å². The van der Waals surface area contributed by atoms with Gasteiger partial charge in [-0.15, -0.1) is 8.57 Å². The van der Waals surface area contributed by atoms with Crippen molar-refractivity contribution in [1.82, 2.24) is 40.5 Å². The van der Waals surface area contributed by atoms with Crippen molar-refractivity contribution in [1.29, 1.82) is 0 Å². The summed E-state index contributed by atoms with van der Waals surface area (Å²) in [6, 6.07) is -5.25. The van der Waals surface area contributed by atoms with Crippen molar-refractivity contribution in [3.8, 4) is 0 Å². The van der Waals surface area contributed by atoms with Gasteiger partial charge in [0.25, 0.3) is 0 Å². The molecule has 2 fully saturated rings. The van der Waals surface area contributed by atoms with E-state index in [4.69, 9.17) is 26.9 Å². The van der Waals surface area contributed by atoms with Crippen molar-refractivity contribution in [2.24, 2.45) is 0 Å². The predicted molar refractivity (Wildman–Crippen MR) is 172 cm³/mol. The minimum absolute atomic E-state index is 0.0503. The summed E-state index contributed by atoms with van der Waals surface area (Å²) in [6.45, 7) is 9.96. The molecule has 20 nitrogen and oxygen atoms in total. The lowest BCUT2D eigenvalue weighted by molar-refractivity contribution is -0.0705. The minimum Gasteiger partial charge on any atom is -0.444 e. The molecule has 2 aromatic heterocycles. The van der Waals surface area contributed by atoms with Gasteiger partial charge >= 0.3 is 34.6 Å². The minimum atomic E-state index is -5.17. The molecular formula is C30H38N8O12S. The molecule has 0 spiro atoms. The molecule has 2 saturated heterocycles. The van der Waals surface area contributed by atoms with Crippen molar-refractivity contribution in [2.45, 2.75) is 76.9 Å². The Kier molecular flexibility index (Phi) is 9.23. The smallest absolute Gasteiger partial charge is 0.442 e. The van der Waals surface area contributed by atoms with E-state index in [0.29, 0.717) is 21.3 Å². The van der Waals surface area contributed by atoms with Gasteiger partial charge in [0.15, 0.2) is 24.3 Å². The van der Waals surface area contributed by atoms with Gasteiger partial charge < -0.3 is 38.7 Å². The highest BCUT2D eigenvalue weighted by atomic mass is 32.3. The lowest BCUT2D eigenvalue weighted by Gasteiger charge is -2.29. The van der Waals surface area contributed by atoms with Crippen LogP contribution in [0, 0.1) is 0 Å². The van der Waals surface area contributed by atoms with Crippen LogP contribution in [0.3, 0.4) is 0 Å². The summed E-state index contributed by atoms with van der Waals surface area (Å²) in [4.78, 5) is 62.4. The van der Waals surface area contributed by atoms with Crippen LogP contribution in [0.25, 0.3) is 11.1 Å². The zero-order valence-electron chi connectivity index (χ0n) is 28.6. The van der Waals surface area contributed by atoms with E-state index in [0.717, 1.165) is 0 Å². The fourth-order valence-electron chi connectivity index (χ4n) is 5.95. The number of oxazole rings is 2. The van der Waals surface area contributed by atoms with Crippen LogP contribution >= 0.6 is 0 Å². The first-order valence-corrected chi connectivity index (χ1v) is 17.2. The van der Waals surface area contributed by atoms with Crippen molar-refractivity contribution in [3.05, 3.63) is 48.9 Å². The lowest BCUT2D eigenvalue weighted by atomic mass is 9.98. The molecule has 4 aliphatic rings. The van der Waals surface area contributed by atoms with Crippen molar-refractivity contribution >= 4 is 45.8 Å². The average Bonchev–Trinajstić information content (AvgIpc) is 3.83. The number of carbonyl (C=O) groups is 4. The maximum Gasteiger partial charge on any atom is 0.442 e. The average molecular weight is 735 g/mol. The van der Waals surface area contributed by atoms with Gasteiger partial charge in [-0.2, -0.15) is 18.5 Å². The lowest BCUT2D eigenvalue weighted by Crippen LogP contribution is -2.46. The second kappa shape index (κ2) is 13.2. The monoisotopic (exact) mass is 734 g/mol. The van der Waals surface area contributed by atoms with E-state index in [1.165, 1.54) is 35.0 Å². The maximum atomic E-state index is 13.6. The Balaban J connectivity index is 1.19. The van der Waals surface area contributed by atoms with Gasteiger partial charge in [0.1, 0.15) is 23.3 Å². The van der Waals surface area contributed by atoms with Crippen molar-refractivity contribution < 1.29 is 54.5 Å². The number of hydrogen-bond acceptors (Lipinski definition) is 14. The molecule has 0 unspecified atom stereocenters. The van der Waals surface area contributed by atoms with Crippen molar-refractivity contribution in [2.75, 3.05) is 26.2 Å². The molecule has 4 aliphatic heterocycles. The normalized spacial score (nSPS) is 23.3. The number of nitrogens with zero attached hydrogens (tertiary/aromatic N) is 6. The molecule has 6 amide bonds. The molecular weight excluding hydrogens is 696 g/mol. The summed E-state index contributed by atoms with van der Waals surface area (Å²) >= 11 is 0. The first-order valence-electron chi connectivity index (χ1n) is 15.9. The Morgan fingerprint density at radius 2 is 1.16 bits per heavy atom. The summed E-state index contributed by atoms with van der Waals surface area (Å²) in [5.41, 5.74) is -0.812. The fourth-order valence-corrected chi connectivity index (χ4v) is 6.70. The number of rotatable bonds is 10. The second-order valence-electron chi connectivity index (χ2n) is 14.0. The summed E-state index contributed by atoms with van der Waals surface area (Å²) < 4.78 is 59.1. The molecule has 51 heavy (non-hydrogen) atoms. The van der Waals surface area contributed by atoms with Crippen LogP contribution in [0.1, 0.15) is 53.1 Å². The zero-order valence-corrected chi connectivity index (χ0v) is 29.4. The van der Waals surface area contributed by atoms with E-state index in [1.54, 1.807) is 53.7 Å². The van der Waals surface area contributed by atoms with Crippen LogP contribution < -0.4 is 10.6 Å². The summed E-state index contributed by atoms with van der Waals surface area (Å²) in [5, 5.41) is 6.43. The predicted octanol–water partition coefficient (Wildman–Crippen LogP) is 2.26. The highest BCUT2D eigenvalue weighted by Crippen LogP contribution is 2.38. The standard InChI is InChI=1S/C30H38N8O12S/c1-29(2,3)47-25(39)33-9-17-7-19(23-11-31-15-45-23)21-13-35(17)27(41)37(21)49-51(43,44)50-38-22-14-36(28(38)42)18(8-20(22)24-12-32-16-46-24)10-34-26(40)48-30(4,5)6/h7-8,11-12,15-18,21-22H,9-10,13-14H2,1-6H3,(H,33,39)(H,34,40)/t17-,18-,21-,22-/m0/s1. The Morgan fingerprint density at radius 3 is 1.49 bits per heavy atom. The largest absolute Gasteiger partial charge is 0.444 e.